The number of rotatable bonds is 7. The molecule has 0 aliphatic heterocycles. The third kappa shape index (κ3) is 5.54. The van der Waals surface area contributed by atoms with Gasteiger partial charge in [-0.25, -0.2) is 4.79 Å². The summed E-state index contributed by atoms with van der Waals surface area (Å²) in [6.45, 7) is 1.43. The van der Waals surface area contributed by atoms with Crippen LogP contribution >= 0.6 is 0 Å². The molecule has 0 heterocycles. The number of benzene rings is 3. The van der Waals surface area contributed by atoms with Gasteiger partial charge in [0.05, 0.1) is 32.0 Å². The minimum Gasteiger partial charge on any atom is -0.465 e. The molecule has 0 unspecified atom stereocenters. The lowest BCUT2D eigenvalue weighted by atomic mass is 10.1. The lowest BCUT2D eigenvalue weighted by Gasteiger charge is -2.19. The zero-order chi connectivity index (χ0) is 18.9. The Morgan fingerprint density at radius 2 is 1.37 bits per heavy atom. The predicted molar refractivity (Wildman–Crippen MR) is 108 cm³/mol. The summed E-state index contributed by atoms with van der Waals surface area (Å²) in [4.78, 5) is 11.5. The molecule has 0 aliphatic carbocycles. The van der Waals surface area contributed by atoms with E-state index in [1.54, 1.807) is 12.1 Å². The Hall–Kier alpha value is -3.40. The molecular formula is C23H22N2O2. The van der Waals surface area contributed by atoms with Crippen molar-refractivity contribution in [1.29, 1.82) is 0 Å². The molecule has 0 spiro atoms. The third-order valence-electron chi connectivity index (χ3n) is 4.12. The molecule has 0 bridgehead atoms. The first-order valence-electron chi connectivity index (χ1n) is 8.80. The molecule has 0 atom stereocenters. The first kappa shape index (κ1) is 18.4. The second-order valence-electron chi connectivity index (χ2n) is 6.15. The van der Waals surface area contributed by atoms with E-state index in [1.807, 2.05) is 59.8 Å². The number of esters is 1. The topological polar surface area (TPSA) is 41.9 Å². The van der Waals surface area contributed by atoms with Gasteiger partial charge in [-0.1, -0.05) is 72.8 Å². The summed E-state index contributed by atoms with van der Waals surface area (Å²) in [5.41, 5.74) is 3.85. The van der Waals surface area contributed by atoms with Crippen molar-refractivity contribution >= 4 is 12.2 Å². The van der Waals surface area contributed by atoms with E-state index < -0.39 is 0 Å². The Labute approximate surface area is 159 Å². The highest BCUT2D eigenvalue weighted by atomic mass is 16.5. The van der Waals surface area contributed by atoms with Crippen LogP contribution in [-0.2, 0) is 17.8 Å². The van der Waals surface area contributed by atoms with E-state index >= 15 is 0 Å². The van der Waals surface area contributed by atoms with Crippen molar-refractivity contribution in [3.63, 3.8) is 0 Å². The summed E-state index contributed by atoms with van der Waals surface area (Å²) in [7, 11) is 1.38. The van der Waals surface area contributed by atoms with Crippen LogP contribution in [0.1, 0.15) is 27.0 Å². The average Bonchev–Trinajstić information content (AvgIpc) is 2.73. The summed E-state index contributed by atoms with van der Waals surface area (Å²) >= 11 is 0. The van der Waals surface area contributed by atoms with Gasteiger partial charge in [0.25, 0.3) is 0 Å². The van der Waals surface area contributed by atoms with Crippen LogP contribution < -0.4 is 0 Å². The number of hydrazone groups is 1. The van der Waals surface area contributed by atoms with Crippen LogP contribution in [-0.4, -0.2) is 24.3 Å². The van der Waals surface area contributed by atoms with Crippen molar-refractivity contribution in [1.82, 2.24) is 5.01 Å². The Morgan fingerprint density at radius 3 is 1.85 bits per heavy atom. The summed E-state index contributed by atoms with van der Waals surface area (Å²) in [5, 5.41) is 6.70. The van der Waals surface area contributed by atoms with Crippen LogP contribution in [0.25, 0.3) is 0 Å². The lowest BCUT2D eigenvalue weighted by molar-refractivity contribution is 0.0600. The quantitative estimate of drug-likeness (QED) is 0.354. The predicted octanol–water partition coefficient (Wildman–Crippen LogP) is 4.51. The maximum atomic E-state index is 11.5. The van der Waals surface area contributed by atoms with Gasteiger partial charge in [-0.3, -0.25) is 5.01 Å². The molecule has 3 aromatic rings. The maximum Gasteiger partial charge on any atom is 0.337 e. The summed E-state index contributed by atoms with van der Waals surface area (Å²) in [6.07, 6.45) is 1.81. The fraction of sp³-hybridized carbons (Fsp3) is 0.130. The molecule has 0 aromatic heterocycles. The zero-order valence-corrected chi connectivity index (χ0v) is 15.3. The van der Waals surface area contributed by atoms with Crippen LogP contribution in [0.5, 0.6) is 0 Å². The minimum absolute atomic E-state index is 0.340. The monoisotopic (exact) mass is 358 g/mol. The normalized spacial score (nSPS) is 10.7. The molecule has 27 heavy (non-hydrogen) atoms. The largest absolute Gasteiger partial charge is 0.465 e. The summed E-state index contributed by atoms with van der Waals surface area (Å²) < 4.78 is 4.73. The zero-order valence-electron chi connectivity index (χ0n) is 15.3. The van der Waals surface area contributed by atoms with E-state index in [4.69, 9.17) is 4.74 Å². The highest BCUT2D eigenvalue weighted by Gasteiger charge is 2.05. The molecule has 3 aromatic carbocycles. The standard InChI is InChI=1S/C23H22N2O2/c1-27-23(26)22-14-12-19(13-15-22)16-24-25(17-20-8-4-2-5-9-20)18-21-10-6-3-7-11-21/h2-16H,17-18H2,1H3. The second kappa shape index (κ2) is 9.34. The van der Waals surface area contributed by atoms with E-state index in [-0.39, 0.29) is 5.97 Å². The second-order valence-corrected chi connectivity index (χ2v) is 6.15. The molecule has 0 saturated heterocycles. The number of carbonyl (C=O) groups is 1. The van der Waals surface area contributed by atoms with E-state index in [2.05, 4.69) is 29.4 Å². The van der Waals surface area contributed by atoms with Gasteiger partial charge < -0.3 is 4.74 Å². The van der Waals surface area contributed by atoms with Crippen molar-refractivity contribution < 1.29 is 9.53 Å². The average molecular weight is 358 g/mol. The number of methoxy groups -OCH3 is 1. The number of nitrogens with zero attached hydrogens (tertiary/aromatic N) is 2. The van der Waals surface area contributed by atoms with E-state index in [0.717, 1.165) is 5.56 Å². The first-order chi connectivity index (χ1) is 13.2. The van der Waals surface area contributed by atoms with Crippen LogP contribution in [0.15, 0.2) is 90.0 Å². The molecule has 0 amide bonds. The van der Waals surface area contributed by atoms with E-state index in [0.29, 0.717) is 18.7 Å². The Balaban J connectivity index is 1.75. The molecule has 4 heteroatoms. The molecule has 3 rings (SSSR count). The van der Waals surface area contributed by atoms with Gasteiger partial charge in [0.1, 0.15) is 0 Å². The van der Waals surface area contributed by atoms with Gasteiger partial charge in [-0.05, 0) is 28.8 Å². The third-order valence-corrected chi connectivity index (χ3v) is 4.12. The van der Waals surface area contributed by atoms with E-state index in [9.17, 15) is 4.79 Å². The van der Waals surface area contributed by atoms with Crippen molar-refractivity contribution in [3.8, 4) is 0 Å². The fourth-order valence-electron chi connectivity index (χ4n) is 2.70. The SMILES string of the molecule is COC(=O)c1ccc(C=NN(Cc2ccccc2)Cc2ccccc2)cc1. The first-order valence-corrected chi connectivity index (χ1v) is 8.80. The molecule has 136 valence electrons. The van der Waals surface area contributed by atoms with Crippen molar-refractivity contribution in [3.05, 3.63) is 107 Å². The van der Waals surface area contributed by atoms with Gasteiger partial charge in [0.2, 0.25) is 0 Å². The molecule has 0 saturated carbocycles. The number of hydrogen-bond donors (Lipinski definition) is 0. The Bertz CT molecular complexity index is 834. The van der Waals surface area contributed by atoms with Gasteiger partial charge in [0, 0.05) is 0 Å². The van der Waals surface area contributed by atoms with E-state index in [1.165, 1.54) is 18.2 Å². The van der Waals surface area contributed by atoms with Gasteiger partial charge in [0.15, 0.2) is 0 Å². The number of ether oxygens (including phenoxy) is 1. The molecule has 0 N–H and O–H groups in total. The number of carbonyl (C=O) groups excluding carboxylic acids is 1. The van der Waals surface area contributed by atoms with Crippen LogP contribution in [0.4, 0.5) is 0 Å². The number of hydrogen-bond acceptors (Lipinski definition) is 4. The molecule has 0 aliphatic rings. The van der Waals surface area contributed by atoms with Crippen molar-refractivity contribution in [2.45, 2.75) is 13.1 Å². The van der Waals surface area contributed by atoms with Gasteiger partial charge in [-0.2, -0.15) is 5.10 Å². The lowest BCUT2D eigenvalue weighted by Crippen LogP contribution is -2.17. The minimum atomic E-state index is -0.340. The van der Waals surface area contributed by atoms with Crippen LogP contribution in [0.3, 0.4) is 0 Å². The Kier molecular flexibility index (Phi) is 6.36. The van der Waals surface area contributed by atoms with Gasteiger partial charge in [-0.15, -0.1) is 0 Å². The summed E-state index contributed by atoms with van der Waals surface area (Å²) in [6, 6.07) is 27.7. The Morgan fingerprint density at radius 1 is 0.852 bits per heavy atom. The van der Waals surface area contributed by atoms with Crippen molar-refractivity contribution in [2.24, 2.45) is 5.10 Å². The maximum absolute atomic E-state index is 11.5. The van der Waals surface area contributed by atoms with Crippen LogP contribution in [0.2, 0.25) is 0 Å². The smallest absolute Gasteiger partial charge is 0.337 e. The molecule has 0 radical (unpaired) electrons. The van der Waals surface area contributed by atoms with Crippen LogP contribution in [0, 0.1) is 0 Å². The summed E-state index contributed by atoms with van der Waals surface area (Å²) in [5.74, 6) is -0.340. The molecular weight excluding hydrogens is 336 g/mol. The highest BCUT2D eigenvalue weighted by Crippen LogP contribution is 2.11. The fourth-order valence-corrected chi connectivity index (χ4v) is 2.70. The molecule has 0 fully saturated rings. The highest BCUT2D eigenvalue weighted by molar-refractivity contribution is 5.90. The molecule has 4 nitrogen and oxygen atoms in total. The van der Waals surface area contributed by atoms with Gasteiger partial charge >= 0.3 is 5.97 Å². The van der Waals surface area contributed by atoms with Crippen molar-refractivity contribution in [2.75, 3.05) is 7.11 Å².